The predicted molar refractivity (Wildman–Crippen MR) is 47.7 cm³/mol. The van der Waals surface area contributed by atoms with Crippen LogP contribution in [0.1, 0.15) is 34.1 Å². The minimum atomic E-state index is -1.22. The minimum absolute atomic E-state index is 0. The second kappa shape index (κ2) is 5.46. The maximum Gasteiger partial charge on any atom is 0.134 e. The molecule has 3 heteroatoms. The van der Waals surface area contributed by atoms with Crippen LogP contribution in [-0.4, -0.2) is 17.8 Å². The maximum atomic E-state index is 12.8. The monoisotopic (exact) mass is 182 g/mol. The Bertz CT molecular complexity index is 105. The average Bonchev–Trinajstić information content (AvgIpc) is 1.93. The summed E-state index contributed by atoms with van der Waals surface area (Å²) in [6, 6.07) is 0. The molecule has 0 saturated heterocycles. The molecule has 76 valence electrons. The largest absolute Gasteiger partial charge is 0.412 e. The van der Waals surface area contributed by atoms with Crippen LogP contribution < -0.4 is 0 Å². The third-order valence-electron chi connectivity index (χ3n) is 2.47. The molecule has 1 nitrogen and oxygen atoms in total. The number of hydrogen-bond donors (Lipinski definition) is 0. The van der Waals surface area contributed by atoms with Crippen LogP contribution in [0, 0.1) is 11.8 Å². The molecule has 2 N–H and O–H groups in total. The topological polar surface area (TPSA) is 31.5 Å². The van der Waals surface area contributed by atoms with Gasteiger partial charge in [-0.1, -0.05) is 21.3 Å². The van der Waals surface area contributed by atoms with Gasteiger partial charge in [-0.25, -0.2) is 8.78 Å². The van der Waals surface area contributed by atoms with E-state index in [-0.39, 0.29) is 24.7 Å². The van der Waals surface area contributed by atoms with Gasteiger partial charge in [0, 0.05) is 0 Å². The standard InChI is InChI=1S/C8H14F2.CH4.H2O/c1-5-3-4-6(2)8(10)7(5)9;;/h5-8H,3-4H2,1-2H3;1H4;1H2. The Balaban J connectivity index is 0. The first-order chi connectivity index (χ1) is 4.63. The molecule has 0 aromatic carbocycles. The number of rotatable bonds is 0. The molecule has 0 radical (unpaired) electrons. The van der Waals surface area contributed by atoms with Crippen molar-refractivity contribution in [2.24, 2.45) is 11.8 Å². The molecule has 0 aromatic heterocycles. The lowest BCUT2D eigenvalue weighted by molar-refractivity contribution is 0.0367. The Morgan fingerprint density at radius 2 is 1.17 bits per heavy atom. The van der Waals surface area contributed by atoms with Crippen LogP contribution >= 0.6 is 0 Å². The highest BCUT2D eigenvalue weighted by Crippen LogP contribution is 2.32. The van der Waals surface area contributed by atoms with Gasteiger partial charge in [-0.2, -0.15) is 0 Å². The van der Waals surface area contributed by atoms with E-state index in [1.54, 1.807) is 13.8 Å². The molecular weight excluding hydrogens is 162 g/mol. The second-order valence-corrected chi connectivity index (χ2v) is 3.42. The molecule has 0 amide bonds. The molecule has 0 heterocycles. The second-order valence-electron chi connectivity index (χ2n) is 3.42. The Morgan fingerprint density at radius 3 is 1.42 bits per heavy atom. The van der Waals surface area contributed by atoms with Crippen LogP contribution in [0.5, 0.6) is 0 Å². The minimum Gasteiger partial charge on any atom is -0.412 e. The van der Waals surface area contributed by atoms with Gasteiger partial charge in [0.2, 0.25) is 0 Å². The summed E-state index contributed by atoms with van der Waals surface area (Å²) >= 11 is 0. The van der Waals surface area contributed by atoms with Crippen molar-refractivity contribution in [3.05, 3.63) is 0 Å². The van der Waals surface area contributed by atoms with Gasteiger partial charge in [-0.15, -0.1) is 0 Å². The van der Waals surface area contributed by atoms with E-state index in [0.29, 0.717) is 0 Å². The molecule has 1 fully saturated rings. The smallest absolute Gasteiger partial charge is 0.134 e. The third-order valence-corrected chi connectivity index (χ3v) is 2.47. The first kappa shape index (κ1) is 14.3. The zero-order chi connectivity index (χ0) is 7.72. The van der Waals surface area contributed by atoms with Gasteiger partial charge in [0.15, 0.2) is 0 Å². The first-order valence-corrected chi connectivity index (χ1v) is 3.91. The van der Waals surface area contributed by atoms with E-state index in [1.807, 2.05) is 0 Å². The first-order valence-electron chi connectivity index (χ1n) is 3.91. The number of hydrogen-bond acceptors (Lipinski definition) is 0. The van der Waals surface area contributed by atoms with Crippen molar-refractivity contribution < 1.29 is 14.3 Å². The summed E-state index contributed by atoms with van der Waals surface area (Å²) in [5, 5.41) is 0. The fourth-order valence-corrected chi connectivity index (χ4v) is 1.47. The molecular formula is C9H20F2O. The highest BCUT2D eigenvalue weighted by molar-refractivity contribution is 4.83. The predicted octanol–water partition coefficient (Wildman–Crippen LogP) is 2.54. The van der Waals surface area contributed by atoms with Crippen molar-refractivity contribution in [3.8, 4) is 0 Å². The van der Waals surface area contributed by atoms with Gasteiger partial charge >= 0.3 is 0 Å². The van der Waals surface area contributed by atoms with Gasteiger partial charge in [-0.3, -0.25) is 0 Å². The number of halogens is 2. The van der Waals surface area contributed by atoms with Crippen molar-refractivity contribution in [1.29, 1.82) is 0 Å². The fraction of sp³-hybridized carbons (Fsp3) is 1.00. The maximum absolute atomic E-state index is 12.8. The molecule has 1 aliphatic rings. The molecule has 1 aliphatic carbocycles. The van der Waals surface area contributed by atoms with Crippen LogP contribution in [0.25, 0.3) is 0 Å². The van der Waals surface area contributed by atoms with E-state index in [9.17, 15) is 8.78 Å². The normalized spacial score (nSPS) is 41.0. The molecule has 1 rings (SSSR count). The van der Waals surface area contributed by atoms with Crippen molar-refractivity contribution in [3.63, 3.8) is 0 Å². The SMILES string of the molecule is C.CC1CCC(C)C(F)C1F.O. The zero-order valence-corrected chi connectivity index (χ0v) is 6.98. The van der Waals surface area contributed by atoms with E-state index >= 15 is 0 Å². The molecule has 0 spiro atoms. The molecule has 12 heavy (non-hydrogen) atoms. The lowest BCUT2D eigenvalue weighted by atomic mass is 9.81. The van der Waals surface area contributed by atoms with Crippen LogP contribution in [-0.2, 0) is 0 Å². The Morgan fingerprint density at radius 1 is 0.917 bits per heavy atom. The quantitative estimate of drug-likeness (QED) is 0.551. The molecule has 4 atom stereocenters. The van der Waals surface area contributed by atoms with Crippen molar-refractivity contribution in [1.82, 2.24) is 0 Å². The summed E-state index contributed by atoms with van der Waals surface area (Å²) in [4.78, 5) is 0. The Labute approximate surface area is 73.5 Å². The molecule has 0 aliphatic heterocycles. The summed E-state index contributed by atoms with van der Waals surface area (Å²) in [5.74, 6) is -0.155. The Hall–Kier alpha value is -0.180. The lowest BCUT2D eigenvalue weighted by Gasteiger charge is -2.30. The number of alkyl halides is 2. The van der Waals surface area contributed by atoms with Gasteiger partial charge in [-0.05, 0) is 24.7 Å². The van der Waals surface area contributed by atoms with Gasteiger partial charge in [0.05, 0.1) is 0 Å². The van der Waals surface area contributed by atoms with Crippen LogP contribution in [0.2, 0.25) is 0 Å². The third kappa shape index (κ3) is 2.70. The van der Waals surface area contributed by atoms with Crippen LogP contribution in [0.3, 0.4) is 0 Å². The van der Waals surface area contributed by atoms with E-state index in [1.165, 1.54) is 0 Å². The molecule has 0 bridgehead atoms. The van der Waals surface area contributed by atoms with E-state index < -0.39 is 12.3 Å². The van der Waals surface area contributed by atoms with Gasteiger partial charge in [0.1, 0.15) is 12.3 Å². The van der Waals surface area contributed by atoms with Crippen molar-refractivity contribution in [2.45, 2.75) is 46.5 Å². The van der Waals surface area contributed by atoms with E-state index in [0.717, 1.165) is 12.8 Å². The molecule has 4 unspecified atom stereocenters. The van der Waals surface area contributed by atoms with Crippen molar-refractivity contribution >= 4 is 0 Å². The van der Waals surface area contributed by atoms with E-state index in [4.69, 9.17) is 0 Å². The van der Waals surface area contributed by atoms with Crippen LogP contribution in [0.4, 0.5) is 8.78 Å². The average molecular weight is 182 g/mol. The van der Waals surface area contributed by atoms with E-state index in [2.05, 4.69) is 0 Å². The Kier molecular flexibility index (Phi) is 6.53. The summed E-state index contributed by atoms with van der Waals surface area (Å²) in [6.45, 7) is 3.56. The summed E-state index contributed by atoms with van der Waals surface area (Å²) in [5.41, 5.74) is 0. The van der Waals surface area contributed by atoms with Gasteiger partial charge in [0.25, 0.3) is 0 Å². The van der Waals surface area contributed by atoms with Crippen molar-refractivity contribution in [2.75, 3.05) is 0 Å². The summed E-state index contributed by atoms with van der Waals surface area (Å²) < 4.78 is 25.7. The summed E-state index contributed by atoms with van der Waals surface area (Å²) in [6.07, 6.45) is -0.765. The molecule has 1 saturated carbocycles. The van der Waals surface area contributed by atoms with Crippen LogP contribution in [0.15, 0.2) is 0 Å². The highest BCUT2D eigenvalue weighted by Gasteiger charge is 2.35. The van der Waals surface area contributed by atoms with Gasteiger partial charge < -0.3 is 5.48 Å². The summed E-state index contributed by atoms with van der Waals surface area (Å²) in [7, 11) is 0. The zero-order valence-electron chi connectivity index (χ0n) is 6.98. The highest BCUT2D eigenvalue weighted by atomic mass is 19.2. The lowest BCUT2D eigenvalue weighted by Crippen LogP contribution is -2.35. The molecule has 0 aromatic rings. The fourth-order valence-electron chi connectivity index (χ4n) is 1.47.